The largest absolute Gasteiger partial charge is 0.507 e. The molecule has 0 amide bonds. The fraction of sp³-hybridized carbons (Fsp3) is 0.0909. The number of rotatable bonds is 1. The smallest absolute Gasteiger partial charge is 0.126 e. The van der Waals surface area contributed by atoms with Gasteiger partial charge < -0.3 is 9.83 Å². The van der Waals surface area contributed by atoms with Crippen LogP contribution in [0.15, 0.2) is 30.3 Å². The van der Waals surface area contributed by atoms with Crippen LogP contribution in [0.1, 0.15) is 5.56 Å². The Bertz CT molecular complexity index is 482. The van der Waals surface area contributed by atoms with Gasteiger partial charge in [-0.2, -0.15) is 0 Å². The lowest BCUT2D eigenvalue weighted by atomic mass is 10.0. The number of anilines is 1. The Balaban J connectivity index is 2.89. The molecule has 0 spiro atoms. The molecule has 2 nitrogen and oxygen atoms in total. The Kier molecular flexibility index (Phi) is 2.25. The molecule has 0 saturated heterocycles. The molecule has 0 atom stereocenters. The van der Waals surface area contributed by atoms with Crippen molar-refractivity contribution >= 4 is 29.3 Å². The van der Waals surface area contributed by atoms with Gasteiger partial charge in [0, 0.05) is 10.8 Å². The summed E-state index contributed by atoms with van der Waals surface area (Å²) in [5, 5.41) is 11.7. The highest BCUT2D eigenvalue weighted by molar-refractivity contribution is 7.81. The van der Waals surface area contributed by atoms with Crippen molar-refractivity contribution in [2.24, 2.45) is 0 Å². The summed E-state index contributed by atoms with van der Waals surface area (Å²) in [6, 6.07) is 9.57. The van der Waals surface area contributed by atoms with Crippen LogP contribution in [0, 0.1) is 6.92 Å². The number of fused-ring (bicyclic) bond motifs is 1. The first-order chi connectivity index (χ1) is 6.74. The Morgan fingerprint density at radius 3 is 2.50 bits per heavy atom. The van der Waals surface area contributed by atoms with Gasteiger partial charge in [-0.25, -0.2) is 0 Å². The van der Waals surface area contributed by atoms with Crippen molar-refractivity contribution < 1.29 is 5.11 Å². The van der Waals surface area contributed by atoms with E-state index in [1.807, 2.05) is 37.3 Å². The minimum Gasteiger partial charge on any atom is -0.507 e. The predicted octanol–water partition coefficient (Wildman–Crippen LogP) is 3.11. The van der Waals surface area contributed by atoms with Gasteiger partial charge in [-0.15, -0.1) is 0 Å². The van der Waals surface area contributed by atoms with Crippen molar-refractivity contribution in [3.8, 4) is 5.75 Å². The molecular formula is C11H11NOS. The molecule has 0 aromatic heterocycles. The monoisotopic (exact) mass is 205 g/mol. The average Bonchev–Trinajstić information content (AvgIpc) is 2.23. The summed E-state index contributed by atoms with van der Waals surface area (Å²) in [6.07, 6.45) is 0. The number of aryl methyl sites for hydroxylation is 1. The Morgan fingerprint density at radius 1 is 1.21 bits per heavy atom. The number of nitrogens with one attached hydrogen (secondary N) is 1. The fourth-order valence-electron chi connectivity index (χ4n) is 1.59. The summed E-state index contributed by atoms with van der Waals surface area (Å²) < 4.78 is 2.82. The second-order valence-corrected chi connectivity index (χ2v) is 3.47. The van der Waals surface area contributed by atoms with Crippen molar-refractivity contribution in [3.63, 3.8) is 0 Å². The van der Waals surface area contributed by atoms with Crippen LogP contribution < -0.4 is 4.72 Å². The zero-order valence-corrected chi connectivity index (χ0v) is 8.68. The van der Waals surface area contributed by atoms with E-state index in [9.17, 15) is 5.11 Å². The second-order valence-electron chi connectivity index (χ2n) is 3.25. The van der Waals surface area contributed by atoms with E-state index in [1.165, 1.54) is 0 Å². The molecule has 0 unspecified atom stereocenters. The van der Waals surface area contributed by atoms with E-state index in [2.05, 4.69) is 17.5 Å². The van der Waals surface area contributed by atoms with Gasteiger partial charge in [-0.1, -0.05) is 37.1 Å². The lowest BCUT2D eigenvalue weighted by molar-refractivity contribution is 0.477. The summed E-state index contributed by atoms with van der Waals surface area (Å²) in [5.41, 5.74) is 1.76. The van der Waals surface area contributed by atoms with E-state index < -0.39 is 0 Å². The Labute approximate surface area is 88.1 Å². The normalized spacial score (nSPS) is 10.4. The number of hydrogen-bond donors (Lipinski definition) is 3. The van der Waals surface area contributed by atoms with Crippen LogP contribution in [-0.2, 0) is 0 Å². The molecule has 14 heavy (non-hydrogen) atoms. The minimum atomic E-state index is 0.341. The Hall–Kier alpha value is -1.35. The van der Waals surface area contributed by atoms with Crippen molar-refractivity contribution in [1.29, 1.82) is 0 Å². The van der Waals surface area contributed by atoms with E-state index in [-0.39, 0.29) is 0 Å². The molecule has 0 bridgehead atoms. The van der Waals surface area contributed by atoms with E-state index >= 15 is 0 Å². The van der Waals surface area contributed by atoms with Crippen molar-refractivity contribution in [3.05, 3.63) is 35.9 Å². The molecule has 0 aliphatic rings. The van der Waals surface area contributed by atoms with Crippen molar-refractivity contribution in [2.75, 3.05) is 4.72 Å². The summed E-state index contributed by atoms with van der Waals surface area (Å²) in [6.45, 7) is 1.87. The zero-order valence-electron chi connectivity index (χ0n) is 7.78. The summed E-state index contributed by atoms with van der Waals surface area (Å²) in [7, 11) is 0. The van der Waals surface area contributed by atoms with E-state index in [0.717, 1.165) is 22.0 Å². The third kappa shape index (κ3) is 1.30. The van der Waals surface area contributed by atoms with Crippen LogP contribution in [0.5, 0.6) is 5.75 Å². The predicted molar refractivity (Wildman–Crippen MR) is 63.0 cm³/mol. The molecule has 3 heteroatoms. The first-order valence-corrected chi connectivity index (χ1v) is 4.80. The third-order valence-corrected chi connectivity index (χ3v) is 2.57. The minimum absolute atomic E-state index is 0.341. The van der Waals surface area contributed by atoms with Crippen molar-refractivity contribution in [1.82, 2.24) is 0 Å². The number of phenols is 1. The molecular weight excluding hydrogens is 194 g/mol. The van der Waals surface area contributed by atoms with Crippen LogP contribution in [0.25, 0.3) is 10.8 Å². The zero-order chi connectivity index (χ0) is 10.1. The Morgan fingerprint density at radius 2 is 1.86 bits per heavy atom. The lowest BCUT2D eigenvalue weighted by Crippen LogP contribution is -1.86. The van der Waals surface area contributed by atoms with E-state index in [4.69, 9.17) is 0 Å². The van der Waals surface area contributed by atoms with Crippen LogP contribution in [0.4, 0.5) is 5.69 Å². The molecule has 0 heterocycles. The molecule has 0 aliphatic heterocycles. The fourth-order valence-corrected chi connectivity index (χ4v) is 1.78. The number of aromatic hydroxyl groups is 1. The van der Waals surface area contributed by atoms with Gasteiger partial charge in [0.15, 0.2) is 0 Å². The molecule has 2 rings (SSSR count). The molecule has 2 aromatic carbocycles. The standard InChI is InChI=1S/C11H11NOS/c1-7-6-10(12-14)8-4-2-3-5-9(8)11(7)13/h2-6,12-14H,1H3. The average molecular weight is 205 g/mol. The topological polar surface area (TPSA) is 32.3 Å². The number of phenolic OH excluding ortho intramolecular Hbond substituents is 1. The van der Waals surface area contributed by atoms with Gasteiger partial charge in [0.25, 0.3) is 0 Å². The van der Waals surface area contributed by atoms with Crippen LogP contribution >= 0.6 is 12.8 Å². The van der Waals surface area contributed by atoms with Gasteiger partial charge >= 0.3 is 0 Å². The summed E-state index contributed by atoms with van der Waals surface area (Å²) in [5.74, 6) is 0.341. The van der Waals surface area contributed by atoms with Crippen LogP contribution in [0.2, 0.25) is 0 Å². The lowest BCUT2D eigenvalue weighted by Gasteiger charge is -2.09. The van der Waals surface area contributed by atoms with Crippen LogP contribution in [0.3, 0.4) is 0 Å². The van der Waals surface area contributed by atoms with Gasteiger partial charge in [0.1, 0.15) is 5.75 Å². The highest BCUT2D eigenvalue weighted by atomic mass is 32.1. The molecule has 0 radical (unpaired) electrons. The summed E-state index contributed by atoms with van der Waals surface area (Å²) in [4.78, 5) is 0. The number of benzene rings is 2. The van der Waals surface area contributed by atoms with Gasteiger partial charge in [0.05, 0.1) is 5.69 Å². The quantitative estimate of drug-likeness (QED) is 0.493. The number of hydrogen-bond acceptors (Lipinski definition) is 3. The van der Waals surface area contributed by atoms with Gasteiger partial charge in [-0.05, 0) is 18.6 Å². The van der Waals surface area contributed by atoms with Crippen LogP contribution in [-0.4, -0.2) is 5.11 Å². The third-order valence-electron chi connectivity index (χ3n) is 2.33. The first kappa shape index (κ1) is 9.21. The SMILES string of the molecule is Cc1cc(NS)c2ccccc2c1O. The maximum atomic E-state index is 9.83. The molecule has 2 N–H and O–H groups in total. The molecule has 0 fully saturated rings. The highest BCUT2D eigenvalue weighted by Gasteiger charge is 2.06. The molecule has 0 aliphatic carbocycles. The van der Waals surface area contributed by atoms with Gasteiger partial charge in [0.2, 0.25) is 0 Å². The molecule has 2 aromatic rings. The first-order valence-electron chi connectivity index (χ1n) is 4.35. The number of thiol groups is 1. The van der Waals surface area contributed by atoms with E-state index in [1.54, 1.807) is 0 Å². The maximum Gasteiger partial charge on any atom is 0.126 e. The highest BCUT2D eigenvalue weighted by Crippen LogP contribution is 2.34. The van der Waals surface area contributed by atoms with Gasteiger partial charge in [-0.3, -0.25) is 0 Å². The summed E-state index contributed by atoms with van der Waals surface area (Å²) >= 11 is 4.04. The molecule has 0 saturated carbocycles. The van der Waals surface area contributed by atoms with E-state index in [0.29, 0.717) is 5.75 Å². The van der Waals surface area contributed by atoms with Crippen molar-refractivity contribution in [2.45, 2.75) is 6.92 Å². The molecule has 72 valence electrons. The maximum absolute atomic E-state index is 9.83. The second kappa shape index (κ2) is 3.42.